The molecule has 0 radical (unpaired) electrons. The van der Waals surface area contributed by atoms with Crippen molar-refractivity contribution in [2.24, 2.45) is 0 Å². The summed E-state index contributed by atoms with van der Waals surface area (Å²) in [6, 6.07) is 0. The fourth-order valence-electron chi connectivity index (χ4n) is 1.56. The zero-order chi connectivity index (χ0) is 12.3. The molecule has 0 unspecified atom stereocenters. The molecule has 1 aromatic heterocycles. The lowest BCUT2D eigenvalue weighted by Crippen LogP contribution is -2.30. The second kappa shape index (κ2) is 5.13. The van der Waals surface area contributed by atoms with E-state index in [4.69, 9.17) is 11.6 Å². The Morgan fingerprint density at radius 3 is 2.94 bits per heavy atom. The average molecular weight is 257 g/mol. The molecule has 1 aliphatic heterocycles. The first-order chi connectivity index (χ1) is 8.19. The van der Waals surface area contributed by atoms with Crippen LogP contribution >= 0.6 is 11.6 Å². The summed E-state index contributed by atoms with van der Waals surface area (Å²) in [5, 5.41) is 5.74. The van der Waals surface area contributed by atoms with Crippen LogP contribution in [0.25, 0.3) is 0 Å². The first-order valence-electron chi connectivity index (χ1n) is 5.30. The number of carbonyl (C=O) groups excluding carboxylic acids is 1. The maximum absolute atomic E-state index is 11.2. The molecular weight excluding hydrogens is 244 g/mol. The lowest BCUT2D eigenvalue weighted by Gasteiger charge is -2.19. The van der Waals surface area contributed by atoms with Gasteiger partial charge in [0.15, 0.2) is 0 Å². The monoisotopic (exact) mass is 256 g/mol. The molecule has 1 amide bonds. The third-order valence-corrected chi connectivity index (χ3v) is 2.58. The molecule has 0 bridgehead atoms. The third-order valence-electron chi connectivity index (χ3n) is 2.42. The lowest BCUT2D eigenvalue weighted by atomic mass is 10.4. The zero-order valence-electron chi connectivity index (χ0n) is 9.40. The first kappa shape index (κ1) is 11.8. The summed E-state index contributed by atoms with van der Waals surface area (Å²) in [6.07, 6.45) is 0.429. The molecular formula is C9H13ClN6O. The Labute approximate surface area is 104 Å². The predicted octanol–water partition coefficient (Wildman–Crippen LogP) is -0.107. The standard InChI is InChI=1S/C9H13ClN6O/c1-11-8-13-7(10)14-9(15-8)16-4-2-6(17)12-3-5-16/h2-5H2,1H3,(H,12,17)(H,11,13,14,15). The van der Waals surface area contributed by atoms with Crippen molar-refractivity contribution in [3.63, 3.8) is 0 Å². The molecule has 0 aromatic carbocycles. The van der Waals surface area contributed by atoms with E-state index in [0.717, 1.165) is 0 Å². The SMILES string of the molecule is CNc1nc(Cl)nc(N2CCNC(=O)CC2)n1. The number of aromatic nitrogens is 3. The van der Waals surface area contributed by atoms with Crippen LogP contribution in [-0.4, -0.2) is 47.5 Å². The van der Waals surface area contributed by atoms with E-state index in [2.05, 4.69) is 25.6 Å². The normalized spacial score (nSPS) is 16.4. The van der Waals surface area contributed by atoms with Gasteiger partial charge in [0.05, 0.1) is 0 Å². The van der Waals surface area contributed by atoms with E-state index in [-0.39, 0.29) is 11.2 Å². The number of halogens is 1. The lowest BCUT2D eigenvalue weighted by molar-refractivity contribution is -0.120. The van der Waals surface area contributed by atoms with Gasteiger partial charge in [-0.25, -0.2) is 0 Å². The minimum Gasteiger partial charge on any atom is -0.357 e. The van der Waals surface area contributed by atoms with E-state index in [0.29, 0.717) is 38.0 Å². The van der Waals surface area contributed by atoms with Gasteiger partial charge in [-0.15, -0.1) is 0 Å². The average Bonchev–Trinajstić information content (AvgIpc) is 2.53. The van der Waals surface area contributed by atoms with Gasteiger partial charge < -0.3 is 15.5 Å². The first-order valence-corrected chi connectivity index (χ1v) is 5.68. The summed E-state index contributed by atoms with van der Waals surface area (Å²) in [6.45, 7) is 1.82. The Morgan fingerprint density at radius 1 is 1.35 bits per heavy atom. The fourth-order valence-corrected chi connectivity index (χ4v) is 1.72. The van der Waals surface area contributed by atoms with E-state index >= 15 is 0 Å². The van der Waals surface area contributed by atoms with Crippen molar-refractivity contribution >= 4 is 29.4 Å². The molecule has 2 N–H and O–H groups in total. The number of amides is 1. The second-order valence-electron chi connectivity index (χ2n) is 3.57. The van der Waals surface area contributed by atoms with Crippen molar-refractivity contribution < 1.29 is 4.79 Å². The molecule has 1 aromatic rings. The van der Waals surface area contributed by atoms with E-state index in [1.54, 1.807) is 7.05 Å². The van der Waals surface area contributed by atoms with Gasteiger partial charge in [0.25, 0.3) is 0 Å². The smallest absolute Gasteiger partial charge is 0.231 e. The molecule has 0 atom stereocenters. The van der Waals surface area contributed by atoms with Crippen LogP contribution in [0.15, 0.2) is 0 Å². The van der Waals surface area contributed by atoms with Gasteiger partial charge in [0.1, 0.15) is 0 Å². The minimum absolute atomic E-state index is 0.0430. The maximum atomic E-state index is 11.2. The van der Waals surface area contributed by atoms with Crippen LogP contribution in [0.3, 0.4) is 0 Å². The van der Waals surface area contributed by atoms with Crippen LogP contribution in [-0.2, 0) is 4.79 Å². The number of rotatable bonds is 2. The molecule has 2 heterocycles. The van der Waals surface area contributed by atoms with Crippen LogP contribution in [0.5, 0.6) is 0 Å². The van der Waals surface area contributed by atoms with E-state index in [1.807, 2.05) is 4.90 Å². The van der Waals surface area contributed by atoms with Gasteiger partial charge in [0.2, 0.25) is 23.1 Å². The highest BCUT2D eigenvalue weighted by molar-refractivity contribution is 6.28. The Balaban J connectivity index is 2.20. The summed E-state index contributed by atoms with van der Waals surface area (Å²) >= 11 is 5.81. The Kier molecular flexibility index (Phi) is 3.58. The zero-order valence-corrected chi connectivity index (χ0v) is 10.2. The van der Waals surface area contributed by atoms with E-state index in [1.165, 1.54) is 0 Å². The molecule has 0 saturated carbocycles. The Hall–Kier alpha value is -1.63. The highest BCUT2D eigenvalue weighted by Gasteiger charge is 2.17. The van der Waals surface area contributed by atoms with Gasteiger partial charge in [-0.05, 0) is 11.6 Å². The van der Waals surface area contributed by atoms with Crippen LogP contribution in [0, 0.1) is 0 Å². The van der Waals surface area contributed by atoms with Gasteiger partial charge in [-0.2, -0.15) is 15.0 Å². The highest BCUT2D eigenvalue weighted by atomic mass is 35.5. The number of nitrogens with one attached hydrogen (secondary N) is 2. The summed E-state index contributed by atoms with van der Waals surface area (Å²) in [4.78, 5) is 25.3. The largest absolute Gasteiger partial charge is 0.357 e. The van der Waals surface area contributed by atoms with Crippen molar-refractivity contribution in [1.82, 2.24) is 20.3 Å². The van der Waals surface area contributed by atoms with Gasteiger partial charge in [-0.1, -0.05) is 0 Å². The molecule has 0 spiro atoms. The molecule has 1 aliphatic rings. The van der Waals surface area contributed by atoms with Gasteiger partial charge >= 0.3 is 0 Å². The fraction of sp³-hybridized carbons (Fsp3) is 0.556. The third kappa shape index (κ3) is 2.94. The van der Waals surface area contributed by atoms with Gasteiger partial charge in [-0.3, -0.25) is 4.79 Å². The number of hydrogen-bond acceptors (Lipinski definition) is 6. The molecule has 7 nitrogen and oxygen atoms in total. The predicted molar refractivity (Wildman–Crippen MR) is 64.2 cm³/mol. The topological polar surface area (TPSA) is 83.0 Å². The summed E-state index contributed by atoms with van der Waals surface area (Å²) in [7, 11) is 1.71. The van der Waals surface area contributed by atoms with Crippen molar-refractivity contribution in [2.75, 3.05) is 36.9 Å². The summed E-state index contributed by atoms with van der Waals surface area (Å²) < 4.78 is 0. The van der Waals surface area contributed by atoms with Crippen molar-refractivity contribution in [3.05, 3.63) is 5.28 Å². The number of carbonyl (C=O) groups is 1. The van der Waals surface area contributed by atoms with Gasteiger partial charge in [0, 0.05) is 33.1 Å². The van der Waals surface area contributed by atoms with Crippen LogP contribution in [0.4, 0.5) is 11.9 Å². The van der Waals surface area contributed by atoms with Crippen molar-refractivity contribution in [1.29, 1.82) is 0 Å². The van der Waals surface area contributed by atoms with Crippen LogP contribution in [0.2, 0.25) is 5.28 Å². The van der Waals surface area contributed by atoms with Crippen LogP contribution < -0.4 is 15.5 Å². The summed E-state index contributed by atoms with van der Waals surface area (Å²) in [5.41, 5.74) is 0. The molecule has 0 aliphatic carbocycles. The van der Waals surface area contributed by atoms with E-state index < -0.39 is 0 Å². The number of nitrogens with zero attached hydrogens (tertiary/aromatic N) is 4. The second-order valence-corrected chi connectivity index (χ2v) is 3.90. The maximum Gasteiger partial charge on any atom is 0.231 e. The Bertz CT molecular complexity index is 426. The Morgan fingerprint density at radius 2 is 2.18 bits per heavy atom. The molecule has 1 fully saturated rings. The molecule has 2 rings (SSSR count). The van der Waals surface area contributed by atoms with E-state index in [9.17, 15) is 4.79 Å². The number of hydrogen-bond donors (Lipinski definition) is 2. The molecule has 1 saturated heterocycles. The molecule has 92 valence electrons. The van der Waals surface area contributed by atoms with Crippen molar-refractivity contribution in [2.45, 2.75) is 6.42 Å². The molecule has 8 heteroatoms. The summed E-state index contributed by atoms with van der Waals surface area (Å²) in [5.74, 6) is 0.955. The number of anilines is 2. The molecule has 17 heavy (non-hydrogen) atoms. The van der Waals surface area contributed by atoms with Crippen LogP contribution in [0.1, 0.15) is 6.42 Å². The highest BCUT2D eigenvalue weighted by Crippen LogP contribution is 2.14. The quantitative estimate of drug-likeness (QED) is 0.769. The minimum atomic E-state index is 0.0430. The van der Waals surface area contributed by atoms with Crippen molar-refractivity contribution in [3.8, 4) is 0 Å².